The third kappa shape index (κ3) is 4.83. The molecule has 0 aliphatic heterocycles. The molecule has 0 heterocycles. The number of rotatable bonds is 8. The van der Waals surface area contributed by atoms with Crippen LogP contribution in [-0.2, 0) is 17.9 Å². The number of nitrogens with one attached hydrogen (secondary N) is 1. The van der Waals surface area contributed by atoms with Crippen molar-refractivity contribution in [2.45, 2.75) is 33.0 Å². The number of benzene rings is 2. The summed E-state index contributed by atoms with van der Waals surface area (Å²) in [5.74, 6) is 0.820. The first-order valence-corrected chi connectivity index (χ1v) is 8.33. The van der Waals surface area contributed by atoms with Crippen molar-refractivity contribution in [3.8, 4) is 5.75 Å². The summed E-state index contributed by atoms with van der Waals surface area (Å²) >= 11 is 0. The molecule has 1 unspecified atom stereocenters. The zero-order valence-electron chi connectivity index (χ0n) is 14.7. The molecule has 0 fully saturated rings. The van der Waals surface area contributed by atoms with Gasteiger partial charge in [-0.25, -0.2) is 0 Å². The van der Waals surface area contributed by atoms with Gasteiger partial charge in [-0.05, 0) is 25.1 Å². The topological polar surface area (TPSA) is 41.6 Å². The van der Waals surface area contributed by atoms with Gasteiger partial charge >= 0.3 is 0 Å². The zero-order chi connectivity index (χ0) is 17.4. The molecule has 1 amide bonds. The Balaban J connectivity index is 1.94. The van der Waals surface area contributed by atoms with Crippen LogP contribution in [0.4, 0.5) is 0 Å². The second kappa shape index (κ2) is 9.08. The van der Waals surface area contributed by atoms with Crippen molar-refractivity contribution in [3.63, 3.8) is 0 Å². The maximum atomic E-state index is 12.5. The van der Waals surface area contributed by atoms with Gasteiger partial charge in [0.1, 0.15) is 5.75 Å². The summed E-state index contributed by atoms with van der Waals surface area (Å²) in [6, 6.07) is 17.8. The number of amides is 1. The molecular formula is C20H26N2O2. The number of carbonyl (C=O) groups is 1. The molecule has 1 atom stereocenters. The van der Waals surface area contributed by atoms with Crippen molar-refractivity contribution in [3.05, 3.63) is 65.7 Å². The van der Waals surface area contributed by atoms with Gasteiger partial charge in [0.2, 0.25) is 5.91 Å². The molecule has 0 aliphatic rings. The number of carbonyl (C=O) groups excluding carboxylic acids is 1. The maximum Gasteiger partial charge on any atom is 0.237 e. The van der Waals surface area contributed by atoms with Gasteiger partial charge in [0.15, 0.2) is 0 Å². The van der Waals surface area contributed by atoms with Crippen molar-refractivity contribution in [1.29, 1.82) is 0 Å². The van der Waals surface area contributed by atoms with Gasteiger partial charge in [-0.3, -0.25) is 9.69 Å². The van der Waals surface area contributed by atoms with E-state index < -0.39 is 0 Å². The molecule has 0 saturated heterocycles. The number of ether oxygens (including phenoxy) is 1. The Morgan fingerprint density at radius 3 is 2.46 bits per heavy atom. The van der Waals surface area contributed by atoms with Gasteiger partial charge in [0.25, 0.3) is 0 Å². The minimum atomic E-state index is -0.190. The first-order valence-electron chi connectivity index (χ1n) is 8.33. The Morgan fingerprint density at radius 1 is 1.12 bits per heavy atom. The fraction of sp³-hybridized carbons (Fsp3) is 0.350. The third-order valence-corrected chi connectivity index (χ3v) is 4.21. The molecule has 1 N–H and O–H groups in total. The molecule has 0 saturated carbocycles. The van der Waals surface area contributed by atoms with E-state index in [1.807, 2.05) is 49.4 Å². The lowest BCUT2D eigenvalue weighted by Gasteiger charge is -2.27. The van der Waals surface area contributed by atoms with E-state index in [1.54, 1.807) is 7.11 Å². The molecule has 2 aromatic carbocycles. The Bertz CT molecular complexity index is 643. The van der Waals surface area contributed by atoms with E-state index in [-0.39, 0.29) is 11.9 Å². The highest BCUT2D eigenvalue weighted by molar-refractivity contribution is 5.81. The molecule has 4 heteroatoms. The van der Waals surface area contributed by atoms with E-state index in [2.05, 4.69) is 29.3 Å². The molecule has 0 radical (unpaired) electrons. The molecule has 0 bridgehead atoms. The fourth-order valence-corrected chi connectivity index (χ4v) is 2.69. The Hall–Kier alpha value is -2.33. The minimum absolute atomic E-state index is 0.0266. The van der Waals surface area contributed by atoms with Crippen molar-refractivity contribution in [2.75, 3.05) is 13.7 Å². The largest absolute Gasteiger partial charge is 0.496 e. The highest BCUT2D eigenvalue weighted by atomic mass is 16.5. The fourth-order valence-electron chi connectivity index (χ4n) is 2.69. The molecule has 0 spiro atoms. The van der Waals surface area contributed by atoms with Crippen LogP contribution in [-0.4, -0.2) is 30.5 Å². The smallest absolute Gasteiger partial charge is 0.237 e. The van der Waals surface area contributed by atoms with Crippen LogP contribution in [0, 0.1) is 0 Å². The lowest BCUT2D eigenvalue weighted by molar-refractivity contribution is -0.126. The quantitative estimate of drug-likeness (QED) is 0.810. The molecule has 0 aromatic heterocycles. The predicted octanol–water partition coefficient (Wildman–Crippen LogP) is 3.22. The maximum absolute atomic E-state index is 12.5. The molecule has 24 heavy (non-hydrogen) atoms. The van der Waals surface area contributed by atoms with Crippen LogP contribution in [0.5, 0.6) is 5.75 Å². The summed E-state index contributed by atoms with van der Waals surface area (Å²) < 4.78 is 5.32. The normalized spacial score (nSPS) is 12.0. The second-order valence-corrected chi connectivity index (χ2v) is 5.75. The average Bonchev–Trinajstić information content (AvgIpc) is 2.64. The molecule has 2 aromatic rings. The van der Waals surface area contributed by atoms with Crippen molar-refractivity contribution in [2.24, 2.45) is 0 Å². The first-order chi connectivity index (χ1) is 11.7. The van der Waals surface area contributed by atoms with Crippen molar-refractivity contribution < 1.29 is 9.53 Å². The van der Waals surface area contributed by atoms with Gasteiger partial charge in [0.05, 0.1) is 13.2 Å². The van der Waals surface area contributed by atoms with E-state index in [0.717, 1.165) is 24.4 Å². The summed E-state index contributed by atoms with van der Waals surface area (Å²) in [6.07, 6.45) is 0. The van der Waals surface area contributed by atoms with Crippen LogP contribution in [0.2, 0.25) is 0 Å². The third-order valence-electron chi connectivity index (χ3n) is 4.21. The highest BCUT2D eigenvalue weighted by Gasteiger charge is 2.20. The average molecular weight is 326 g/mol. The van der Waals surface area contributed by atoms with Crippen LogP contribution < -0.4 is 10.1 Å². The zero-order valence-corrected chi connectivity index (χ0v) is 14.7. The Kier molecular flexibility index (Phi) is 6.82. The van der Waals surface area contributed by atoms with E-state index in [9.17, 15) is 4.79 Å². The lowest BCUT2D eigenvalue weighted by Crippen LogP contribution is -2.44. The van der Waals surface area contributed by atoms with Gasteiger partial charge in [-0.15, -0.1) is 0 Å². The first kappa shape index (κ1) is 18.0. The molecule has 4 nitrogen and oxygen atoms in total. The van der Waals surface area contributed by atoms with Gasteiger partial charge in [-0.2, -0.15) is 0 Å². The van der Waals surface area contributed by atoms with E-state index in [1.165, 1.54) is 5.56 Å². The SMILES string of the molecule is CCN(Cc1ccccc1)C(C)C(=O)NCc1ccccc1OC. The standard InChI is InChI=1S/C20H26N2O2/c1-4-22(15-17-10-6-5-7-11-17)16(2)20(23)21-14-18-12-8-9-13-19(18)24-3/h5-13,16H,4,14-15H2,1-3H3,(H,21,23). The van der Waals surface area contributed by atoms with E-state index >= 15 is 0 Å². The van der Waals surface area contributed by atoms with Gasteiger partial charge in [0, 0.05) is 18.7 Å². The molecular weight excluding hydrogens is 300 g/mol. The number of hydrogen-bond acceptors (Lipinski definition) is 3. The van der Waals surface area contributed by atoms with Crippen LogP contribution in [0.1, 0.15) is 25.0 Å². The van der Waals surface area contributed by atoms with Crippen LogP contribution >= 0.6 is 0 Å². The summed E-state index contributed by atoms with van der Waals surface area (Å²) in [5.41, 5.74) is 2.19. The minimum Gasteiger partial charge on any atom is -0.496 e. The second-order valence-electron chi connectivity index (χ2n) is 5.75. The van der Waals surface area contributed by atoms with Gasteiger partial charge in [-0.1, -0.05) is 55.5 Å². The Labute approximate surface area is 144 Å². The molecule has 0 aliphatic carbocycles. The van der Waals surface area contributed by atoms with Crippen LogP contribution in [0.15, 0.2) is 54.6 Å². The van der Waals surface area contributed by atoms with Crippen molar-refractivity contribution in [1.82, 2.24) is 10.2 Å². The lowest BCUT2D eigenvalue weighted by atomic mass is 10.1. The summed E-state index contributed by atoms with van der Waals surface area (Å²) in [4.78, 5) is 14.7. The van der Waals surface area contributed by atoms with Crippen LogP contribution in [0.3, 0.4) is 0 Å². The molecule has 2 rings (SSSR count). The summed E-state index contributed by atoms with van der Waals surface area (Å²) in [5, 5.41) is 3.01. The predicted molar refractivity (Wildman–Crippen MR) is 96.8 cm³/mol. The number of nitrogens with zero attached hydrogens (tertiary/aromatic N) is 1. The molecule has 128 valence electrons. The number of para-hydroxylation sites is 1. The summed E-state index contributed by atoms with van der Waals surface area (Å²) in [6.45, 7) is 6.08. The number of methoxy groups -OCH3 is 1. The Morgan fingerprint density at radius 2 is 1.79 bits per heavy atom. The highest BCUT2D eigenvalue weighted by Crippen LogP contribution is 2.17. The number of likely N-dealkylation sites (N-methyl/N-ethyl adjacent to an activating group) is 1. The van der Waals surface area contributed by atoms with Crippen LogP contribution in [0.25, 0.3) is 0 Å². The summed E-state index contributed by atoms with van der Waals surface area (Å²) in [7, 11) is 1.64. The van der Waals surface area contributed by atoms with E-state index in [4.69, 9.17) is 4.74 Å². The van der Waals surface area contributed by atoms with E-state index in [0.29, 0.717) is 6.54 Å². The van der Waals surface area contributed by atoms with Gasteiger partial charge < -0.3 is 10.1 Å². The van der Waals surface area contributed by atoms with Crippen molar-refractivity contribution >= 4 is 5.91 Å². The monoisotopic (exact) mass is 326 g/mol. The number of hydrogen-bond donors (Lipinski definition) is 1.